The van der Waals surface area contributed by atoms with Gasteiger partial charge in [0.25, 0.3) is 0 Å². The number of halogens is 1. The van der Waals surface area contributed by atoms with E-state index in [0.29, 0.717) is 0 Å². The first-order chi connectivity index (χ1) is 1.41. The molecule has 0 spiro atoms. The monoisotopic (exact) mass is 161 g/mol. The van der Waals surface area contributed by atoms with Crippen LogP contribution in [0.1, 0.15) is 0 Å². The minimum absolute atomic E-state index is 0. The summed E-state index contributed by atoms with van der Waals surface area (Å²) < 4.78 is 17.0. The van der Waals surface area contributed by atoms with Gasteiger partial charge in [-0.15, -0.1) is 12.4 Å². The van der Waals surface area contributed by atoms with Crippen molar-refractivity contribution >= 4 is 12.4 Å². The molecule has 0 fully saturated rings. The molecule has 0 heterocycles. The van der Waals surface area contributed by atoms with Crippen molar-refractivity contribution in [2.24, 2.45) is 0 Å². The molecule has 0 saturated carbocycles. The summed E-state index contributed by atoms with van der Waals surface area (Å²) in [5.74, 6) is 0. The van der Waals surface area contributed by atoms with E-state index in [1.807, 2.05) is 0 Å². The SMILES string of the molecule is Cl.[O]=[Nb]=[O]. The summed E-state index contributed by atoms with van der Waals surface area (Å²) in [6.45, 7) is 0. The summed E-state index contributed by atoms with van der Waals surface area (Å²) in [7, 11) is 0. The van der Waals surface area contributed by atoms with Gasteiger partial charge in [-0.3, -0.25) is 0 Å². The fraction of sp³-hybridized carbons (Fsp3) is 0. The molecule has 0 atom stereocenters. The molecule has 4 heavy (non-hydrogen) atoms. The molecule has 2 nitrogen and oxygen atoms in total. The molecule has 0 aromatic carbocycles. The Bertz CT molecular complexity index is 27.0. The predicted molar refractivity (Wildman–Crippen MR) is 8.62 cm³/mol. The van der Waals surface area contributed by atoms with E-state index in [-0.39, 0.29) is 12.4 Å². The van der Waals surface area contributed by atoms with Crippen molar-refractivity contribution in [2.75, 3.05) is 0 Å². The van der Waals surface area contributed by atoms with Gasteiger partial charge in [-0.25, -0.2) is 0 Å². The number of rotatable bonds is 0. The van der Waals surface area contributed by atoms with Gasteiger partial charge in [0.1, 0.15) is 0 Å². The van der Waals surface area contributed by atoms with Crippen molar-refractivity contribution < 1.29 is 26.2 Å². The summed E-state index contributed by atoms with van der Waals surface area (Å²) in [5, 5.41) is 0. The molecule has 0 aliphatic carbocycles. The zero-order chi connectivity index (χ0) is 2.71. The van der Waals surface area contributed by atoms with Crippen LogP contribution in [0.2, 0.25) is 0 Å². The van der Waals surface area contributed by atoms with Crippen LogP contribution in [0.3, 0.4) is 0 Å². The van der Waals surface area contributed by atoms with Gasteiger partial charge in [0, 0.05) is 0 Å². The minimum atomic E-state index is -2.15. The normalized spacial score (nSPS) is 2.00. The van der Waals surface area contributed by atoms with Gasteiger partial charge in [-0.05, 0) is 0 Å². The molecule has 0 aliphatic heterocycles. The summed E-state index contributed by atoms with van der Waals surface area (Å²) in [6.07, 6.45) is 0. The van der Waals surface area contributed by atoms with E-state index in [1.54, 1.807) is 0 Å². The van der Waals surface area contributed by atoms with Crippen LogP contribution in [-0.4, -0.2) is 0 Å². The van der Waals surface area contributed by atoms with Gasteiger partial charge < -0.3 is 0 Å². The predicted octanol–water partition coefficient (Wildman–Crippen LogP) is 0.182. The zero-order valence-corrected chi connectivity index (χ0v) is 4.69. The van der Waals surface area contributed by atoms with E-state index in [1.165, 1.54) is 0 Å². The third kappa shape index (κ3) is 17.6. The van der Waals surface area contributed by atoms with Crippen LogP contribution >= 0.6 is 12.4 Å². The molecular formula is HClNbO2. The van der Waals surface area contributed by atoms with E-state index < -0.39 is 19.7 Å². The van der Waals surface area contributed by atoms with Crippen LogP contribution in [0, 0.1) is 0 Å². The Balaban J connectivity index is 0. The summed E-state index contributed by atoms with van der Waals surface area (Å²) in [4.78, 5) is 0. The Morgan fingerprint density at radius 2 is 1.25 bits per heavy atom. The molecule has 0 aromatic heterocycles. The average molecular weight is 161 g/mol. The van der Waals surface area contributed by atoms with E-state index in [0.717, 1.165) is 0 Å². The summed E-state index contributed by atoms with van der Waals surface area (Å²) in [6, 6.07) is 0. The van der Waals surface area contributed by atoms with Gasteiger partial charge in [0.15, 0.2) is 0 Å². The average Bonchev–Trinajstić information content (AvgIpc) is 0.918. The van der Waals surface area contributed by atoms with Crippen LogP contribution in [0.25, 0.3) is 0 Å². The van der Waals surface area contributed by atoms with E-state index in [4.69, 9.17) is 6.50 Å². The molecule has 0 unspecified atom stereocenters. The first-order valence-corrected chi connectivity index (χ1v) is 2.16. The van der Waals surface area contributed by atoms with E-state index in [9.17, 15) is 0 Å². The Kier molecular flexibility index (Phi) is 20.8. The van der Waals surface area contributed by atoms with E-state index in [2.05, 4.69) is 0 Å². The van der Waals surface area contributed by atoms with Crippen molar-refractivity contribution in [3.05, 3.63) is 0 Å². The second-order valence-electron chi connectivity index (χ2n) is 0.0745. The Morgan fingerprint density at radius 1 is 1.25 bits per heavy atom. The quantitative estimate of drug-likeness (QED) is 0.475. The van der Waals surface area contributed by atoms with Gasteiger partial charge in [0.2, 0.25) is 0 Å². The first-order valence-electron chi connectivity index (χ1n) is 0.365. The molecule has 0 amide bonds. The zero-order valence-electron chi connectivity index (χ0n) is 1.67. The van der Waals surface area contributed by atoms with Crippen LogP contribution in [0.5, 0.6) is 0 Å². The Morgan fingerprint density at radius 3 is 1.25 bits per heavy atom. The molecule has 0 bridgehead atoms. The fourth-order valence-corrected chi connectivity index (χ4v) is 0. The van der Waals surface area contributed by atoms with Gasteiger partial charge in [0.05, 0.1) is 0 Å². The van der Waals surface area contributed by atoms with E-state index >= 15 is 0 Å². The van der Waals surface area contributed by atoms with Crippen molar-refractivity contribution in [3.8, 4) is 0 Å². The molecule has 0 radical (unpaired) electrons. The molecule has 0 rings (SSSR count). The standard InChI is InChI=1S/ClH.Nb.2O/h1H;;;. The van der Waals surface area contributed by atoms with Gasteiger partial charge in [-0.1, -0.05) is 0 Å². The summed E-state index contributed by atoms with van der Waals surface area (Å²) in [5.41, 5.74) is 0. The van der Waals surface area contributed by atoms with Crippen LogP contribution in [0.4, 0.5) is 0 Å². The van der Waals surface area contributed by atoms with Crippen molar-refractivity contribution in [1.82, 2.24) is 0 Å². The third-order valence-electron chi connectivity index (χ3n) is 0. The van der Waals surface area contributed by atoms with Crippen molar-refractivity contribution in [2.45, 2.75) is 0 Å². The summed E-state index contributed by atoms with van der Waals surface area (Å²) >= 11 is -2.15. The Hall–Kier alpha value is 0.630. The third-order valence-corrected chi connectivity index (χ3v) is 0. The molecule has 0 N–H and O–H groups in total. The molecule has 25 valence electrons. The second kappa shape index (κ2) is 9.45. The second-order valence-corrected chi connectivity index (χ2v) is 0.441. The van der Waals surface area contributed by atoms with Crippen molar-refractivity contribution in [1.29, 1.82) is 0 Å². The molecule has 0 saturated heterocycles. The molecule has 4 heteroatoms. The molecular weight excluding hydrogens is 160 g/mol. The van der Waals surface area contributed by atoms with Gasteiger partial charge in [-0.2, -0.15) is 0 Å². The fourth-order valence-electron chi connectivity index (χ4n) is 0. The topological polar surface area (TPSA) is 34.1 Å². The maximum absolute atomic E-state index is 8.52. The number of hydrogen-bond acceptors (Lipinski definition) is 2. The van der Waals surface area contributed by atoms with Gasteiger partial charge >= 0.3 is 26.2 Å². The maximum atomic E-state index is 8.52. The molecule has 0 aliphatic rings. The first kappa shape index (κ1) is 8.82. The Labute approximate surface area is 39.0 Å². The van der Waals surface area contributed by atoms with Crippen LogP contribution in [0.15, 0.2) is 0 Å². The number of hydrogen-bond donors (Lipinski definition) is 0. The van der Waals surface area contributed by atoms with Crippen LogP contribution in [-0.2, 0) is 26.2 Å². The van der Waals surface area contributed by atoms with Crippen LogP contribution < -0.4 is 0 Å². The molecule has 0 aromatic rings. The van der Waals surface area contributed by atoms with Crippen molar-refractivity contribution in [3.63, 3.8) is 0 Å².